The van der Waals surface area contributed by atoms with Gasteiger partial charge in [-0.05, 0) is 40.9 Å². The number of aryl methyl sites for hydroxylation is 1. The second-order valence-corrected chi connectivity index (χ2v) is 6.78. The fourth-order valence-corrected chi connectivity index (χ4v) is 3.72. The molecule has 0 bridgehead atoms. The minimum absolute atomic E-state index is 0.484. The molecule has 2 aromatic rings. The first-order valence-electron chi connectivity index (χ1n) is 6.31. The standard InChI is InChI=1S/C15H16BrNO2S/c1-10-7-12(16)14(20-10)9-17-13(15(18)19)8-11-5-3-2-4-6-11/h2-7,13,17H,8-9H2,1H3,(H,18,19)/t13-/m0/s1. The quantitative estimate of drug-likeness (QED) is 0.833. The van der Waals surface area contributed by atoms with Crippen molar-refractivity contribution in [3.05, 3.63) is 56.2 Å². The Morgan fingerprint density at radius 3 is 2.65 bits per heavy atom. The molecule has 0 fully saturated rings. The van der Waals surface area contributed by atoms with Gasteiger partial charge in [-0.3, -0.25) is 10.1 Å². The van der Waals surface area contributed by atoms with Gasteiger partial charge in [0, 0.05) is 20.8 Å². The molecule has 0 radical (unpaired) electrons. The van der Waals surface area contributed by atoms with Crippen molar-refractivity contribution >= 4 is 33.2 Å². The van der Waals surface area contributed by atoms with Crippen molar-refractivity contribution in [3.63, 3.8) is 0 Å². The minimum Gasteiger partial charge on any atom is -0.480 e. The van der Waals surface area contributed by atoms with Crippen molar-refractivity contribution in [2.75, 3.05) is 0 Å². The minimum atomic E-state index is -0.821. The third-order valence-corrected chi connectivity index (χ3v) is 4.99. The van der Waals surface area contributed by atoms with Crippen LogP contribution in [0.15, 0.2) is 40.9 Å². The van der Waals surface area contributed by atoms with E-state index in [0.717, 1.165) is 14.9 Å². The number of nitrogens with one attached hydrogen (secondary N) is 1. The SMILES string of the molecule is Cc1cc(Br)c(CN[C@@H](Cc2ccccc2)C(=O)O)s1. The molecular formula is C15H16BrNO2S. The molecule has 0 spiro atoms. The van der Waals surface area contributed by atoms with E-state index in [1.54, 1.807) is 11.3 Å². The average Bonchev–Trinajstić information content (AvgIpc) is 2.73. The van der Waals surface area contributed by atoms with Crippen molar-refractivity contribution in [2.45, 2.75) is 25.9 Å². The van der Waals surface area contributed by atoms with Gasteiger partial charge in [0.15, 0.2) is 0 Å². The number of benzene rings is 1. The number of aliphatic carboxylic acids is 1. The van der Waals surface area contributed by atoms with Crippen LogP contribution in [0.2, 0.25) is 0 Å². The Morgan fingerprint density at radius 1 is 1.40 bits per heavy atom. The van der Waals surface area contributed by atoms with Gasteiger partial charge in [0.05, 0.1) is 0 Å². The second-order valence-electron chi connectivity index (χ2n) is 4.59. The van der Waals surface area contributed by atoms with Gasteiger partial charge < -0.3 is 5.11 Å². The number of carbonyl (C=O) groups is 1. The van der Waals surface area contributed by atoms with Crippen LogP contribution in [0.25, 0.3) is 0 Å². The number of hydrogen-bond donors (Lipinski definition) is 2. The van der Waals surface area contributed by atoms with Crippen LogP contribution in [0.1, 0.15) is 15.3 Å². The molecule has 106 valence electrons. The highest BCUT2D eigenvalue weighted by atomic mass is 79.9. The molecular weight excluding hydrogens is 338 g/mol. The van der Waals surface area contributed by atoms with Crippen LogP contribution in [0, 0.1) is 6.92 Å². The molecule has 0 aliphatic heterocycles. The molecule has 0 saturated heterocycles. The zero-order valence-corrected chi connectivity index (χ0v) is 13.5. The number of carboxylic acids is 1. The maximum atomic E-state index is 11.3. The van der Waals surface area contributed by atoms with Gasteiger partial charge >= 0.3 is 5.97 Å². The third-order valence-electron chi connectivity index (χ3n) is 2.97. The maximum absolute atomic E-state index is 11.3. The lowest BCUT2D eigenvalue weighted by atomic mass is 10.1. The second kappa shape index (κ2) is 7.02. The van der Waals surface area contributed by atoms with Gasteiger partial charge in [-0.25, -0.2) is 0 Å². The molecule has 3 nitrogen and oxygen atoms in total. The van der Waals surface area contributed by atoms with Gasteiger partial charge in [0.1, 0.15) is 6.04 Å². The average molecular weight is 354 g/mol. The normalized spacial score (nSPS) is 12.3. The predicted octanol–water partition coefficient (Wildman–Crippen LogP) is 3.60. The Balaban J connectivity index is 2.00. The largest absolute Gasteiger partial charge is 0.480 e. The predicted molar refractivity (Wildman–Crippen MR) is 85.2 cm³/mol. The summed E-state index contributed by atoms with van der Waals surface area (Å²) in [6.45, 7) is 2.60. The van der Waals surface area contributed by atoms with Crippen LogP contribution in [-0.4, -0.2) is 17.1 Å². The molecule has 2 N–H and O–H groups in total. The van der Waals surface area contributed by atoms with E-state index in [0.29, 0.717) is 13.0 Å². The third kappa shape index (κ3) is 4.16. The first kappa shape index (κ1) is 15.2. The Morgan fingerprint density at radius 2 is 2.10 bits per heavy atom. The summed E-state index contributed by atoms with van der Waals surface area (Å²) in [4.78, 5) is 13.7. The first-order valence-corrected chi connectivity index (χ1v) is 7.92. The Hall–Kier alpha value is -1.17. The summed E-state index contributed by atoms with van der Waals surface area (Å²) >= 11 is 5.17. The van der Waals surface area contributed by atoms with Crippen molar-refractivity contribution in [3.8, 4) is 0 Å². The molecule has 1 aromatic heterocycles. The van der Waals surface area contributed by atoms with E-state index in [1.807, 2.05) is 37.3 Å². The summed E-state index contributed by atoms with van der Waals surface area (Å²) in [6.07, 6.45) is 0.484. The molecule has 0 unspecified atom stereocenters. The molecule has 0 saturated carbocycles. The van der Waals surface area contributed by atoms with E-state index >= 15 is 0 Å². The Kier molecular flexibility index (Phi) is 5.34. The fraction of sp³-hybridized carbons (Fsp3) is 0.267. The highest BCUT2D eigenvalue weighted by Gasteiger charge is 2.18. The molecule has 1 atom stereocenters. The zero-order valence-electron chi connectivity index (χ0n) is 11.1. The molecule has 1 aromatic carbocycles. The van der Waals surface area contributed by atoms with Crippen LogP contribution in [0.3, 0.4) is 0 Å². The van der Waals surface area contributed by atoms with Crippen LogP contribution >= 0.6 is 27.3 Å². The fourth-order valence-electron chi connectivity index (χ4n) is 1.96. The summed E-state index contributed by atoms with van der Waals surface area (Å²) in [5, 5.41) is 12.4. The van der Waals surface area contributed by atoms with Crippen LogP contribution < -0.4 is 5.32 Å². The number of rotatable bonds is 6. The summed E-state index contributed by atoms with van der Waals surface area (Å²) in [7, 11) is 0. The summed E-state index contributed by atoms with van der Waals surface area (Å²) < 4.78 is 1.04. The summed E-state index contributed by atoms with van der Waals surface area (Å²) in [6, 6.07) is 11.1. The molecule has 20 heavy (non-hydrogen) atoms. The maximum Gasteiger partial charge on any atom is 0.321 e. The first-order chi connectivity index (χ1) is 9.56. The lowest BCUT2D eigenvalue weighted by Gasteiger charge is -2.14. The molecule has 2 rings (SSSR count). The Bertz CT molecular complexity index is 583. The lowest BCUT2D eigenvalue weighted by molar-refractivity contribution is -0.139. The molecule has 0 aliphatic rings. The summed E-state index contributed by atoms with van der Waals surface area (Å²) in [5.41, 5.74) is 1.02. The summed E-state index contributed by atoms with van der Waals surface area (Å²) in [5.74, 6) is -0.821. The highest BCUT2D eigenvalue weighted by Crippen LogP contribution is 2.26. The van der Waals surface area contributed by atoms with E-state index < -0.39 is 12.0 Å². The van der Waals surface area contributed by atoms with Crippen molar-refractivity contribution in [1.29, 1.82) is 0 Å². The van der Waals surface area contributed by atoms with Gasteiger partial charge in [-0.1, -0.05) is 30.3 Å². The van der Waals surface area contributed by atoms with Gasteiger partial charge in [0.2, 0.25) is 0 Å². The van der Waals surface area contributed by atoms with E-state index in [2.05, 4.69) is 27.3 Å². The van der Waals surface area contributed by atoms with E-state index in [1.165, 1.54) is 4.88 Å². The monoisotopic (exact) mass is 353 g/mol. The molecule has 1 heterocycles. The Labute approximate surface area is 130 Å². The van der Waals surface area contributed by atoms with E-state index in [4.69, 9.17) is 0 Å². The number of halogens is 1. The molecule has 0 aliphatic carbocycles. The topological polar surface area (TPSA) is 49.3 Å². The van der Waals surface area contributed by atoms with Crippen LogP contribution in [0.4, 0.5) is 0 Å². The number of carboxylic acid groups (broad SMARTS) is 1. The molecule has 0 amide bonds. The van der Waals surface area contributed by atoms with Gasteiger partial charge in [-0.2, -0.15) is 0 Å². The highest BCUT2D eigenvalue weighted by molar-refractivity contribution is 9.10. The van der Waals surface area contributed by atoms with Gasteiger partial charge in [0.25, 0.3) is 0 Å². The van der Waals surface area contributed by atoms with Crippen molar-refractivity contribution in [1.82, 2.24) is 5.32 Å². The van der Waals surface area contributed by atoms with Crippen LogP contribution in [0.5, 0.6) is 0 Å². The number of thiophene rings is 1. The number of hydrogen-bond acceptors (Lipinski definition) is 3. The van der Waals surface area contributed by atoms with E-state index in [-0.39, 0.29) is 0 Å². The lowest BCUT2D eigenvalue weighted by Crippen LogP contribution is -2.37. The van der Waals surface area contributed by atoms with Gasteiger partial charge in [-0.15, -0.1) is 11.3 Å². The smallest absolute Gasteiger partial charge is 0.321 e. The van der Waals surface area contributed by atoms with E-state index in [9.17, 15) is 9.90 Å². The van der Waals surface area contributed by atoms with Crippen molar-refractivity contribution in [2.24, 2.45) is 0 Å². The van der Waals surface area contributed by atoms with Crippen LogP contribution in [-0.2, 0) is 17.8 Å². The zero-order chi connectivity index (χ0) is 14.5. The molecule has 5 heteroatoms. The van der Waals surface area contributed by atoms with Crippen molar-refractivity contribution < 1.29 is 9.90 Å².